The lowest BCUT2D eigenvalue weighted by atomic mass is 10.2. The summed E-state index contributed by atoms with van der Waals surface area (Å²) in [5, 5.41) is 0. The highest BCUT2D eigenvalue weighted by Crippen LogP contribution is 2.22. The summed E-state index contributed by atoms with van der Waals surface area (Å²) >= 11 is 3.28. The van der Waals surface area contributed by atoms with Crippen LogP contribution < -0.4 is 20.3 Å². The number of nitrogens with one attached hydrogen (secondary N) is 2. The predicted octanol–water partition coefficient (Wildman–Crippen LogP) is 2.86. The number of ether oxygens (including phenoxy) is 3. The van der Waals surface area contributed by atoms with Gasteiger partial charge in [-0.15, -0.1) is 0 Å². The third-order valence-corrected chi connectivity index (χ3v) is 4.11. The summed E-state index contributed by atoms with van der Waals surface area (Å²) in [6.07, 6.45) is 0.743. The van der Waals surface area contributed by atoms with Crippen molar-refractivity contribution in [3.8, 4) is 11.5 Å². The molecule has 0 aliphatic carbocycles. The molecule has 8 nitrogen and oxygen atoms in total. The Morgan fingerprint density at radius 3 is 2.41 bits per heavy atom. The molecule has 0 bridgehead atoms. The number of rotatable bonds is 8. The van der Waals surface area contributed by atoms with Gasteiger partial charge in [0.25, 0.3) is 11.8 Å². The van der Waals surface area contributed by atoms with Gasteiger partial charge in [0.1, 0.15) is 11.5 Å². The monoisotopic (exact) mass is 464 g/mol. The zero-order valence-electron chi connectivity index (χ0n) is 16.0. The van der Waals surface area contributed by atoms with Crippen molar-refractivity contribution in [3.05, 3.63) is 58.1 Å². The zero-order valence-corrected chi connectivity index (χ0v) is 17.6. The van der Waals surface area contributed by atoms with Gasteiger partial charge in [0.15, 0.2) is 6.61 Å². The van der Waals surface area contributed by atoms with Crippen molar-refractivity contribution in [2.75, 3.05) is 20.3 Å². The van der Waals surface area contributed by atoms with Crippen molar-refractivity contribution < 1.29 is 28.6 Å². The largest absolute Gasteiger partial charge is 0.496 e. The van der Waals surface area contributed by atoms with E-state index in [1.807, 2.05) is 6.92 Å². The molecule has 2 amide bonds. The Morgan fingerprint density at radius 2 is 1.76 bits per heavy atom. The number of hydrazine groups is 1. The average molecular weight is 465 g/mol. The second kappa shape index (κ2) is 11.1. The molecule has 29 heavy (non-hydrogen) atoms. The van der Waals surface area contributed by atoms with Gasteiger partial charge in [-0.05, 0) is 48.9 Å². The Hall–Kier alpha value is -3.07. The van der Waals surface area contributed by atoms with E-state index in [-0.39, 0.29) is 12.2 Å². The molecular weight excluding hydrogens is 444 g/mol. The SMILES string of the molecule is CCCOC(=O)c1ccc(OCC(=O)NNC(=O)c2cc(Br)ccc2OC)cc1. The van der Waals surface area contributed by atoms with Crippen LogP contribution in [-0.2, 0) is 9.53 Å². The molecule has 2 aromatic carbocycles. The van der Waals surface area contributed by atoms with Crippen LogP contribution in [0.1, 0.15) is 34.1 Å². The normalized spacial score (nSPS) is 10.0. The van der Waals surface area contributed by atoms with Gasteiger partial charge >= 0.3 is 5.97 Å². The van der Waals surface area contributed by atoms with Gasteiger partial charge in [0.2, 0.25) is 0 Å². The summed E-state index contributed by atoms with van der Waals surface area (Å²) in [4.78, 5) is 35.9. The first kappa shape index (κ1) is 22.2. The summed E-state index contributed by atoms with van der Waals surface area (Å²) < 4.78 is 16.2. The minimum Gasteiger partial charge on any atom is -0.496 e. The van der Waals surface area contributed by atoms with Gasteiger partial charge in [0.05, 0.1) is 24.8 Å². The van der Waals surface area contributed by atoms with Crippen LogP contribution in [0, 0.1) is 0 Å². The Morgan fingerprint density at radius 1 is 1.03 bits per heavy atom. The minimum atomic E-state index is -0.557. The maximum Gasteiger partial charge on any atom is 0.338 e. The highest BCUT2D eigenvalue weighted by Gasteiger charge is 2.14. The molecule has 0 saturated heterocycles. The highest BCUT2D eigenvalue weighted by atomic mass is 79.9. The molecule has 0 saturated carbocycles. The fourth-order valence-electron chi connectivity index (χ4n) is 2.20. The molecule has 0 aliphatic heterocycles. The quantitative estimate of drug-likeness (QED) is 0.459. The number of carbonyl (C=O) groups excluding carboxylic acids is 3. The molecule has 0 aliphatic rings. The van der Waals surface area contributed by atoms with E-state index in [4.69, 9.17) is 14.2 Å². The standard InChI is InChI=1S/C20H21BrN2O6/c1-3-10-28-20(26)13-4-7-15(8-5-13)29-12-18(24)22-23-19(25)16-11-14(21)6-9-17(16)27-2/h4-9,11H,3,10,12H2,1-2H3,(H,22,24)(H,23,25). The maximum atomic E-state index is 12.2. The number of amides is 2. The van der Waals surface area contributed by atoms with E-state index in [1.54, 1.807) is 42.5 Å². The lowest BCUT2D eigenvalue weighted by molar-refractivity contribution is -0.123. The first-order chi connectivity index (χ1) is 13.9. The Bertz CT molecular complexity index is 870. The van der Waals surface area contributed by atoms with E-state index in [2.05, 4.69) is 26.8 Å². The third-order valence-electron chi connectivity index (χ3n) is 3.62. The topological polar surface area (TPSA) is 103 Å². The van der Waals surface area contributed by atoms with Gasteiger partial charge in [-0.25, -0.2) is 4.79 Å². The van der Waals surface area contributed by atoms with Crippen LogP contribution in [-0.4, -0.2) is 38.1 Å². The number of hydrogen-bond donors (Lipinski definition) is 2. The lowest BCUT2D eigenvalue weighted by Crippen LogP contribution is -2.43. The third kappa shape index (κ3) is 6.79. The summed E-state index contributed by atoms with van der Waals surface area (Å²) in [5.41, 5.74) is 5.22. The second-order valence-electron chi connectivity index (χ2n) is 5.80. The van der Waals surface area contributed by atoms with E-state index < -0.39 is 17.8 Å². The van der Waals surface area contributed by atoms with E-state index in [0.29, 0.717) is 28.1 Å². The second-order valence-corrected chi connectivity index (χ2v) is 6.71. The molecule has 0 radical (unpaired) electrons. The Labute approximate surface area is 176 Å². The van der Waals surface area contributed by atoms with Crippen molar-refractivity contribution in [3.63, 3.8) is 0 Å². The molecular formula is C20H21BrN2O6. The highest BCUT2D eigenvalue weighted by molar-refractivity contribution is 9.10. The Balaban J connectivity index is 1.82. The average Bonchev–Trinajstić information content (AvgIpc) is 2.74. The number of halogens is 1. The molecule has 0 spiro atoms. The van der Waals surface area contributed by atoms with Crippen LogP contribution in [0.15, 0.2) is 46.9 Å². The predicted molar refractivity (Wildman–Crippen MR) is 109 cm³/mol. The van der Waals surface area contributed by atoms with E-state index in [0.717, 1.165) is 6.42 Å². The van der Waals surface area contributed by atoms with Gasteiger partial charge < -0.3 is 14.2 Å². The first-order valence-electron chi connectivity index (χ1n) is 8.77. The molecule has 0 unspecified atom stereocenters. The summed E-state index contributed by atoms with van der Waals surface area (Å²) in [6, 6.07) is 11.1. The van der Waals surface area contributed by atoms with Crippen LogP contribution in [0.2, 0.25) is 0 Å². The molecule has 0 fully saturated rings. The van der Waals surface area contributed by atoms with Crippen LogP contribution in [0.4, 0.5) is 0 Å². The van der Waals surface area contributed by atoms with E-state index in [9.17, 15) is 14.4 Å². The summed E-state index contributed by atoms with van der Waals surface area (Å²) in [6.45, 7) is 1.94. The summed E-state index contributed by atoms with van der Waals surface area (Å²) in [7, 11) is 1.45. The number of hydrogen-bond acceptors (Lipinski definition) is 6. The number of benzene rings is 2. The fraction of sp³-hybridized carbons (Fsp3) is 0.250. The first-order valence-corrected chi connectivity index (χ1v) is 9.56. The molecule has 2 rings (SSSR count). The van der Waals surface area contributed by atoms with Gasteiger partial charge in [-0.3, -0.25) is 20.4 Å². The number of carbonyl (C=O) groups is 3. The molecule has 2 aromatic rings. The number of esters is 1. The van der Waals surface area contributed by atoms with Gasteiger partial charge in [0, 0.05) is 4.47 Å². The fourth-order valence-corrected chi connectivity index (χ4v) is 2.56. The zero-order chi connectivity index (χ0) is 21.2. The molecule has 9 heteroatoms. The smallest absolute Gasteiger partial charge is 0.338 e. The van der Waals surface area contributed by atoms with Crippen molar-refractivity contribution in [1.82, 2.24) is 10.9 Å². The molecule has 0 atom stereocenters. The van der Waals surface area contributed by atoms with Crippen LogP contribution in [0.5, 0.6) is 11.5 Å². The van der Waals surface area contributed by atoms with Crippen LogP contribution in [0.3, 0.4) is 0 Å². The lowest BCUT2D eigenvalue weighted by Gasteiger charge is -2.11. The maximum absolute atomic E-state index is 12.2. The van der Waals surface area contributed by atoms with Crippen molar-refractivity contribution in [1.29, 1.82) is 0 Å². The van der Waals surface area contributed by atoms with E-state index >= 15 is 0 Å². The van der Waals surface area contributed by atoms with Gasteiger partial charge in [-0.1, -0.05) is 22.9 Å². The van der Waals surface area contributed by atoms with Crippen molar-refractivity contribution >= 4 is 33.7 Å². The van der Waals surface area contributed by atoms with Gasteiger partial charge in [-0.2, -0.15) is 0 Å². The molecule has 2 N–H and O–H groups in total. The Kier molecular flexibility index (Phi) is 8.47. The molecule has 0 heterocycles. The molecule has 0 aromatic heterocycles. The van der Waals surface area contributed by atoms with Crippen molar-refractivity contribution in [2.45, 2.75) is 13.3 Å². The van der Waals surface area contributed by atoms with E-state index in [1.165, 1.54) is 7.11 Å². The molecule has 154 valence electrons. The number of methoxy groups -OCH3 is 1. The van der Waals surface area contributed by atoms with Crippen LogP contribution >= 0.6 is 15.9 Å². The van der Waals surface area contributed by atoms with Crippen molar-refractivity contribution in [2.24, 2.45) is 0 Å². The minimum absolute atomic E-state index is 0.258. The summed E-state index contributed by atoms with van der Waals surface area (Å²) in [5.74, 6) is -0.743. The van der Waals surface area contributed by atoms with Crippen LogP contribution in [0.25, 0.3) is 0 Å².